The molecule has 0 aliphatic heterocycles. The molecule has 0 amide bonds. The molecule has 0 aliphatic carbocycles. The maximum Gasteiger partial charge on any atom is 0.0991 e. The topological polar surface area (TPSA) is 51.5 Å². The van der Waals surface area contributed by atoms with Gasteiger partial charge >= 0.3 is 0 Å². The number of nitrogens with zero attached hydrogens (tertiary/aromatic N) is 5. The first kappa shape index (κ1) is 29.3. The largest absolute Gasteiger partial charge is 0.309 e. The highest BCUT2D eigenvalue weighted by Gasteiger charge is 2.19. The molecule has 5 heteroatoms. The standard InChI is InChI=1S/C48H29N5/c49-30-31-22-23-44-39(25-31)37-17-4-7-20-43(37)52(44)35-15-8-11-32(26-35)33-12-9-16-36(27-33)53-45-21-10-24-50-48(45)41-29-46-40(28-47(41)53)38-18-5-6-19-42(38)51(46)34-13-2-1-3-14-34/h1-29H. The first-order chi connectivity index (χ1) is 26.2. The number of fused-ring (bicyclic) bond motifs is 9. The van der Waals surface area contributed by atoms with Crippen molar-refractivity contribution in [1.29, 1.82) is 5.26 Å². The van der Waals surface area contributed by atoms with E-state index in [1.54, 1.807) is 0 Å². The van der Waals surface area contributed by atoms with Gasteiger partial charge in [-0.2, -0.15) is 5.26 Å². The molecule has 11 rings (SSSR count). The molecule has 53 heavy (non-hydrogen) atoms. The molecule has 0 saturated carbocycles. The van der Waals surface area contributed by atoms with E-state index in [1.165, 1.54) is 16.3 Å². The summed E-state index contributed by atoms with van der Waals surface area (Å²) in [5.41, 5.74) is 13.9. The average molecular weight is 676 g/mol. The molecule has 246 valence electrons. The number of hydrogen-bond acceptors (Lipinski definition) is 2. The van der Waals surface area contributed by atoms with Gasteiger partial charge in [-0.1, -0.05) is 78.9 Å². The molecule has 0 N–H and O–H groups in total. The van der Waals surface area contributed by atoms with Gasteiger partial charge in [0.1, 0.15) is 0 Å². The Kier molecular flexibility index (Phi) is 6.25. The summed E-state index contributed by atoms with van der Waals surface area (Å²) in [5, 5.41) is 15.4. The van der Waals surface area contributed by atoms with E-state index < -0.39 is 0 Å². The molecule has 0 aliphatic rings. The maximum atomic E-state index is 9.63. The van der Waals surface area contributed by atoms with E-state index >= 15 is 0 Å². The van der Waals surface area contributed by atoms with Crippen molar-refractivity contribution in [2.24, 2.45) is 0 Å². The third-order valence-corrected chi connectivity index (χ3v) is 10.7. The van der Waals surface area contributed by atoms with Crippen LogP contribution in [-0.2, 0) is 0 Å². The van der Waals surface area contributed by atoms with E-state index in [-0.39, 0.29) is 0 Å². The Bertz CT molecular complexity index is 3300. The molecular weight excluding hydrogens is 647 g/mol. The van der Waals surface area contributed by atoms with Crippen molar-refractivity contribution in [3.63, 3.8) is 0 Å². The summed E-state index contributed by atoms with van der Waals surface area (Å²) in [6.07, 6.45) is 1.89. The molecule has 0 atom stereocenters. The minimum absolute atomic E-state index is 0.661. The molecular formula is C48H29N5. The fourth-order valence-corrected chi connectivity index (χ4v) is 8.40. The van der Waals surface area contributed by atoms with Crippen molar-refractivity contribution >= 4 is 65.5 Å². The lowest BCUT2D eigenvalue weighted by Gasteiger charge is -2.13. The van der Waals surface area contributed by atoms with Gasteiger partial charge < -0.3 is 13.7 Å². The van der Waals surface area contributed by atoms with E-state index in [2.05, 4.69) is 171 Å². The van der Waals surface area contributed by atoms with E-state index in [9.17, 15) is 5.26 Å². The number of benzene rings is 7. The van der Waals surface area contributed by atoms with Crippen LogP contribution in [0.2, 0.25) is 0 Å². The monoisotopic (exact) mass is 675 g/mol. The number of para-hydroxylation sites is 3. The Morgan fingerprint density at radius 3 is 1.60 bits per heavy atom. The molecule has 0 spiro atoms. The third kappa shape index (κ3) is 4.33. The van der Waals surface area contributed by atoms with E-state index in [1.807, 2.05) is 24.4 Å². The summed E-state index contributed by atoms with van der Waals surface area (Å²) in [5.74, 6) is 0. The zero-order valence-electron chi connectivity index (χ0n) is 28.5. The van der Waals surface area contributed by atoms with Gasteiger partial charge in [0.15, 0.2) is 0 Å². The normalized spacial score (nSPS) is 11.8. The maximum absolute atomic E-state index is 9.63. The highest BCUT2D eigenvalue weighted by atomic mass is 15.0. The molecule has 5 nitrogen and oxygen atoms in total. The molecule has 4 heterocycles. The van der Waals surface area contributed by atoms with Crippen molar-refractivity contribution in [1.82, 2.24) is 18.7 Å². The van der Waals surface area contributed by atoms with Crippen LogP contribution in [0.25, 0.3) is 93.7 Å². The van der Waals surface area contributed by atoms with Crippen LogP contribution in [0.5, 0.6) is 0 Å². The summed E-state index contributed by atoms with van der Waals surface area (Å²) in [7, 11) is 0. The summed E-state index contributed by atoms with van der Waals surface area (Å²) in [6, 6.07) is 62.4. The Balaban J connectivity index is 1.11. The smallest absolute Gasteiger partial charge is 0.0991 e. The number of hydrogen-bond donors (Lipinski definition) is 0. The predicted molar refractivity (Wildman–Crippen MR) is 217 cm³/mol. The first-order valence-electron chi connectivity index (χ1n) is 17.8. The van der Waals surface area contributed by atoms with E-state index in [0.717, 1.165) is 77.4 Å². The van der Waals surface area contributed by atoms with Crippen LogP contribution in [-0.4, -0.2) is 18.7 Å². The molecule has 0 unspecified atom stereocenters. The molecule has 0 saturated heterocycles. The van der Waals surface area contributed by atoms with Crippen molar-refractivity contribution in [2.75, 3.05) is 0 Å². The van der Waals surface area contributed by atoms with Gasteiger partial charge in [-0.3, -0.25) is 4.98 Å². The van der Waals surface area contributed by atoms with Gasteiger partial charge in [0, 0.05) is 50.2 Å². The van der Waals surface area contributed by atoms with Gasteiger partial charge in [-0.15, -0.1) is 0 Å². The number of aromatic nitrogens is 4. The quantitative estimate of drug-likeness (QED) is 0.186. The highest BCUT2D eigenvalue weighted by molar-refractivity contribution is 6.18. The zero-order chi connectivity index (χ0) is 35.0. The molecule has 0 radical (unpaired) electrons. The fourth-order valence-electron chi connectivity index (χ4n) is 8.40. The van der Waals surface area contributed by atoms with Crippen LogP contribution < -0.4 is 0 Å². The Labute approximate surface area is 304 Å². The minimum atomic E-state index is 0.661. The Morgan fingerprint density at radius 2 is 0.906 bits per heavy atom. The second kappa shape index (κ2) is 11.3. The fraction of sp³-hybridized carbons (Fsp3) is 0. The SMILES string of the molecule is N#Cc1ccc2c(c1)c1ccccc1n2-c1cccc(-c2cccc(-n3c4cc5c6ccccc6n(-c6ccccc6)c5cc4c4ncccc43)c2)c1. The number of nitriles is 1. The third-order valence-electron chi connectivity index (χ3n) is 10.7. The second-order valence-corrected chi connectivity index (χ2v) is 13.6. The number of pyridine rings is 1. The van der Waals surface area contributed by atoms with Gasteiger partial charge in [0.2, 0.25) is 0 Å². The number of rotatable bonds is 4. The molecule has 4 aromatic heterocycles. The van der Waals surface area contributed by atoms with Crippen molar-refractivity contribution in [3.8, 4) is 34.3 Å². The lowest BCUT2D eigenvalue weighted by atomic mass is 10.0. The molecule has 0 bridgehead atoms. The van der Waals surface area contributed by atoms with Crippen LogP contribution in [0.15, 0.2) is 176 Å². The second-order valence-electron chi connectivity index (χ2n) is 13.6. The highest BCUT2D eigenvalue weighted by Crippen LogP contribution is 2.40. The van der Waals surface area contributed by atoms with Gasteiger partial charge in [-0.25, -0.2) is 0 Å². The summed E-state index contributed by atoms with van der Waals surface area (Å²) >= 11 is 0. The van der Waals surface area contributed by atoms with E-state index in [4.69, 9.17) is 4.98 Å². The summed E-state index contributed by atoms with van der Waals surface area (Å²) in [4.78, 5) is 4.95. The van der Waals surface area contributed by atoms with Gasteiger partial charge in [0.05, 0.1) is 50.2 Å². The summed E-state index contributed by atoms with van der Waals surface area (Å²) < 4.78 is 7.03. The van der Waals surface area contributed by atoms with E-state index in [0.29, 0.717) is 5.56 Å². The minimum Gasteiger partial charge on any atom is -0.309 e. The van der Waals surface area contributed by atoms with Crippen LogP contribution >= 0.6 is 0 Å². The van der Waals surface area contributed by atoms with Gasteiger partial charge in [-0.05, 0) is 102 Å². The van der Waals surface area contributed by atoms with Crippen molar-refractivity contribution < 1.29 is 0 Å². The summed E-state index contributed by atoms with van der Waals surface area (Å²) in [6.45, 7) is 0. The lowest BCUT2D eigenvalue weighted by Crippen LogP contribution is -1.96. The first-order valence-corrected chi connectivity index (χ1v) is 17.8. The molecule has 0 fully saturated rings. The van der Waals surface area contributed by atoms with Crippen LogP contribution in [0.4, 0.5) is 0 Å². The van der Waals surface area contributed by atoms with Crippen LogP contribution in [0.3, 0.4) is 0 Å². The zero-order valence-corrected chi connectivity index (χ0v) is 28.5. The Morgan fingerprint density at radius 1 is 0.377 bits per heavy atom. The van der Waals surface area contributed by atoms with Crippen molar-refractivity contribution in [2.45, 2.75) is 0 Å². The average Bonchev–Trinajstić information content (AvgIpc) is 3.85. The van der Waals surface area contributed by atoms with Crippen LogP contribution in [0, 0.1) is 11.3 Å². The molecule has 11 aromatic rings. The lowest BCUT2D eigenvalue weighted by molar-refractivity contribution is 1.17. The van der Waals surface area contributed by atoms with Crippen LogP contribution in [0.1, 0.15) is 5.56 Å². The predicted octanol–water partition coefficient (Wildman–Crippen LogP) is 11.9. The van der Waals surface area contributed by atoms with Gasteiger partial charge in [0.25, 0.3) is 0 Å². The Hall–Kier alpha value is -7.42. The van der Waals surface area contributed by atoms with Crippen molar-refractivity contribution in [3.05, 3.63) is 182 Å². The molecule has 7 aromatic carbocycles.